The number of rotatable bonds is 4. The number of hydrogen-bond donors (Lipinski definition) is 0. The minimum atomic E-state index is -0.506. The van der Waals surface area contributed by atoms with Crippen molar-refractivity contribution >= 4 is 5.97 Å². The SMILES string of the molecule is CCc1nncn1C(OC(C)=O)c1ccccc1. The summed E-state index contributed by atoms with van der Waals surface area (Å²) in [5.41, 5.74) is 0.891. The molecule has 18 heavy (non-hydrogen) atoms. The van der Waals surface area contributed by atoms with Crippen LogP contribution in [0, 0.1) is 0 Å². The lowest BCUT2D eigenvalue weighted by molar-refractivity contribution is -0.148. The Morgan fingerprint density at radius 3 is 2.72 bits per heavy atom. The molecular formula is C13H15N3O2. The van der Waals surface area contributed by atoms with Gasteiger partial charge >= 0.3 is 5.97 Å². The second kappa shape index (κ2) is 5.44. The number of benzene rings is 1. The van der Waals surface area contributed by atoms with Gasteiger partial charge in [0.1, 0.15) is 12.2 Å². The Morgan fingerprint density at radius 2 is 2.11 bits per heavy atom. The third kappa shape index (κ3) is 2.56. The molecule has 2 aromatic rings. The smallest absolute Gasteiger partial charge is 0.304 e. The molecule has 0 amide bonds. The van der Waals surface area contributed by atoms with Gasteiger partial charge in [-0.2, -0.15) is 0 Å². The summed E-state index contributed by atoms with van der Waals surface area (Å²) in [7, 11) is 0. The van der Waals surface area contributed by atoms with Crippen molar-refractivity contribution in [1.82, 2.24) is 14.8 Å². The van der Waals surface area contributed by atoms with Crippen molar-refractivity contribution in [2.24, 2.45) is 0 Å². The fourth-order valence-electron chi connectivity index (χ4n) is 1.78. The molecule has 0 bridgehead atoms. The zero-order valence-electron chi connectivity index (χ0n) is 10.4. The number of nitrogens with zero attached hydrogens (tertiary/aromatic N) is 3. The van der Waals surface area contributed by atoms with Gasteiger partial charge < -0.3 is 4.74 Å². The maximum Gasteiger partial charge on any atom is 0.304 e. The number of carbonyl (C=O) groups excluding carboxylic acids is 1. The molecule has 0 N–H and O–H groups in total. The number of hydrogen-bond acceptors (Lipinski definition) is 4. The summed E-state index contributed by atoms with van der Waals surface area (Å²) in [5.74, 6) is 0.449. The van der Waals surface area contributed by atoms with E-state index in [2.05, 4.69) is 10.2 Å². The van der Waals surface area contributed by atoms with E-state index in [1.54, 1.807) is 10.9 Å². The maximum absolute atomic E-state index is 11.2. The average molecular weight is 245 g/mol. The van der Waals surface area contributed by atoms with E-state index >= 15 is 0 Å². The van der Waals surface area contributed by atoms with Crippen LogP contribution < -0.4 is 0 Å². The predicted molar refractivity (Wildman–Crippen MR) is 65.7 cm³/mol. The fourth-order valence-corrected chi connectivity index (χ4v) is 1.78. The van der Waals surface area contributed by atoms with Crippen LogP contribution in [0.4, 0.5) is 0 Å². The van der Waals surface area contributed by atoms with Gasteiger partial charge in [0.05, 0.1) is 0 Å². The van der Waals surface area contributed by atoms with E-state index in [-0.39, 0.29) is 5.97 Å². The van der Waals surface area contributed by atoms with Crippen molar-refractivity contribution in [2.75, 3.05) is 0 Å². The van der Waals surface area contributed by atoms with E-state index in [9.17, 15) is 4.79 Å². The molecule has 5 nitrogen and oxygen atoms in total. The van der Waals surface area contributed by atoms with Crippen LogP contribution in [0.25, 0.3) is 0 Å². The highest BCUT2D eigenvalue weighted by Crippen LogP contribution is 2.21. The van der Waals surface area contributed by atoms with E-state index in [4.69, 9.17) is 4.74 Å². The van der Waals surface area contributed by atoms with Crippen molar-refractivity contribution in [3.05, 3.63) is 48.0 Å². The molecule has 0 aliphatic rings. The number of aryl methyl sites for hydroxylation is 1. The van der Waals surface area contributed by atoms with Crippen LogP contribution in [-0.2, 0) is 16.0 Å². The second-order valence-electron chi connectivity index (χ2n) is 3.88. The summed E-state index contributed by atoms with van der Waals surface area (Å²) < 4.78 is 7.14. The van der Waals surface area contributed by atoms with Gasteiger partial charge in [-0.05, 0) is 0 Å². The van der Waals surface area contributed by atoms with Gasteiger partial charge in [0.15, 0.2) is 0 Å². The third-order valence-corrected chi connectivity index (χ3v) is 2.58. The van der Waals surface area contributed by atoms with E-state index in [0.29, 0.717) is 0 Å². The molecule has 0 fully saturated rings. The molecule has 1 aromatic heterocycles. The van der Waals surface area contributed by atoms with Crippen LogP contribution in [0.3, 0.4) is 0 Å². The number of carbonyl (C=O) groups is 1. The van der Waals surface area contributed by atoms with Crippen LogP contribution in [0.15, 0.2) is 36.7 Å². The molecule has 1 unspecified atom stereocenters. The first-order valence-electron chi connectivity index (χ1n) is 5.83. The molecule has 0 spiro atoms. The highest BCUT2D eigenvalue weighted by atomic mass is 16.6. The van der Waals surface area contributed by atoms with Crippen LogP contribution in [-0.4, -0.2) is 20.7 Å². The Bertz CT molecular complexity index is 522. The highest BCUT2D eigenvalue weighted by molar-refractivity contribution is 5.66. The average Bonchev–Trinajstić information content (AvgIpc) is 2.85. The van der Waals surface area contributed by atoms with Gasteiger partial charge in [0, 0.05) is 18.9 Å². The van der Waals surface area contributed by atoms with Crippen LogP contribution in [0.1, 0.15) is 31.5 Å². The normalized spacial score (nSPS) is 12.1. The lowest BCUT2D eigenvalue weighted by atomic mass is 10.2. The van der Waals surface area contributed by atoms with Gasteiger partial charge in [0.2, 0.25) is 6.23 Å². The molecule has 0 saturated carbocycles. The van der Waals surface area contributed by atoms with E-state index in [1.165, 1.54) is 6.92 Å². The Kier molecular flexibility index (Phi) is 3.72. The van der Waals surface area contributed by atoms with Crippen molar-refractivity contribution in [3.8, 4) is 0 Å². The van der Waals surface area contributed by atoms with E-state index in [0.717, 1.165) is 17.8 Å². The monoisotopic (exact) mass is 245 g/mol. The Labute approximate surface area is 105 Å². The molecule has 1 aromatic carbocycles. The standard InChI is InChI=1S/C13H15N3O2/c1-3-12-15-14-9-16(12)13(18-10(2)17)11-7-5-4-6-8-11/h4-9,13H,3H2,1-2H3. The number of ether oxygens (including phenoxy) is 1. The second-order valence-corrected chi connectivity index (χ2v) is 3.88. The van der Waals surface area contributed by atoms with Gasteiger partial charge in [-0.1, -0.05) is 37.3 Å². The summed E-state index contributed by atoms with van der Waals surface area (Å²) in [6, 6.07) is 9.55. The Morgan fingerprint density at radius 1 is 1.39 bits per heavy atom. The van der Waals surface area contributed by atoms with Crippen LogP contribution >= 0.6 is 0 Å². The topological polar surface area (TPSA) is 57.0 Å². The van der Waals surface area contributed by atoms with Crippen molar-refractivity contribution in [3.63, 3.8) is 0 Å². The summed E-state index contributed by atoms with van der Waals surface area (Å²) in [5, 5.41) is 7.88. The number of esters is 1. The molecule has 5 heteroatoms. The Balaban J connectivity index is 2.40. The molecular weight excluding hydrogens is 230 g/mol. The molecule has 94 valence electrons. The van der Waals surface area contributed by atoms with Crippen molar-refractivity contribution < 1.29 is 9.53 Å². The van der Waals surface area contributed by atoms with Crippen molar-refractivity contribution in [1.29, 1.82) is 0 Å². The fraction of sp³-hybridized carbons (Fsp3) is 0.308. The molecule has 0 aliphatic heterocycles. The zero-order chi connectivity index (χ0) is 13.0. The van der Waals surface area contributed by atoms with E-state index in [1.807, 2.05) is 37.3 Å². The molecule has 1 heterocycles. The molecule has 2 rings (SSSR count). The highest BCUT2D eigenvalue weighted by Gasteiger charge is 2.19. The maximum atomic E-state index is 11.2. The molecule has 0 radical (unpaired) electrons. The predicted octanol–water partition coefficient (Wildman–Crippen LogP) is 1.95. The lowest BCUT2D eigenvalue weighted by Gasteiger charge is -2.19. The summed E-state index contributed by atoms with van der Waals surface area (Å²) in [4.78, 5) is 11.2. The quantitative estimate of drug-likeness (QED) is 0.772. The largest absolute Gasteiger partial charge is 0.437 e. The van der Waals surface area contributed by atoms with Crippen molar-refractivity contribution in [2.45, 2.75) is 26.5 Å². The first-order valence-corrected chi connectivity index (χ1v) is 5.83. The minimum Gasteiger partial charge on any atom is -0.437 e. The Hall–Kier alpha value is -2.17. The van der Waals surface area contributed by atoms with Gasteiger partial charge in [-0.3, -0.25) is 9.36 Å². The first kappa shape index (κ1) is 12.3. The first-order chi connectivity index (χ1) is 8.72. The number of aromatic nitrogens is 3. The van der Waals surface area contributed by atoms with Gasteiger partial charge in [-0.15, -0.1) is 10.2 Å². The van der Waals surface area contributed by atoms with Crippen LogP contribution in [0.2, 0.25) is 0 Å². The molecule has 0 aliphatic carbocycles. The summed E-state index contributed by atoms with van der Waals surface area (Å²) >= 11 is 0. The zero-order valence-corrected chi connectivity index (χ0v) is 10.4. The minimum absolute atomic E-state index is 0.334. The molecule has 1 atom stereocenters. The summed E-state index contributed by atoms with van der Waals surface area (Å²) in [6.45, 7) is 3.38. The molecule has 0 saturated heterocycles. The lowest BCUT2D eigenvalue weighted by Crippen LogP contribution is -2.18. The van der Waals surface area contributed by atoms with Gasteiger partial charge in [0.25, 0.3) is 0 Å². The van der Waals surface area contributed by atoms with Gasteiger partial charge in [-0.25, -0.2) is 0 Å². The summed E-state index contributed by atoms with van der Waals surface area (Å²) in [6.07, 6.45) is 1.80. The third-order valence-electron chi connectivity index (χ3n) is 2.58. The van der Waals surface area contributed by atoms with Crippen LogP contribution in [0.5, 0.6) is 0 Å². The van der Waals surface area contributed by atoms with E-state index < -0.39 is 6.23 Å².